The minimum absolute atomic E-state index is 0.0333. The molecule has 8 heteroatoms. The first kappa shape index (κ1) is 26.8. The topological polar surface area (TPSA) is 63.2 Å². The molecule has 2 aliphatic heterocycles. The zero-order valence-electron chi connectivity index (χ0n) is 21.3. The van der Waals surface area contributed by atoms with Crippen molar-refractivity contribution in [3.63, 3.8) is 0 Å². The van der Waals surface area contributed by atoms with Crippen LogP contribution in [-0.2, 0) is 14.2 Å². The number of benzene rings is 1. The number of aromatic nitrogens is 2. The van der Waals surface area contributed by atoms with Gasteiger partial charge in [-0.3, -0.25) is 4.98 Å². The summed E-state index contributed by atoms with van der Waals surface area (Å²) in [6.07, 6.45) is 16.2. The molecule has 4 unspecified atom stereocenters. The van der Waals surface area contributed by atoms with E-state index in [1.54, 1.807) is 18.5 Å². The van der Waals surface area contributed by atoms with Crippen LogP contribution in [0.2, 0.25) is 0 Å². The van der Waals surface area contributed by atoms with E-state index < -0.39 is 6.17 Å². The molecule has 4 atom stereocenters. The lowest BCUT2D eigenvalue weighted by molar-refractivity contribution is 0.0531. The van der Waals surface area contributed by atoms with E-state index >= 15 is 0 Å². The number of hydrogen-bond acceptors (Lipinski definition) is 7. The Hall–Kier alpha value is -3.25. The van der Waals surface area contributed by atoms with Gasteiger partial charge in [0.2, 0.25) is 0 Å². The number of alkyl halides is 1. The molecule has 0 bridgehead atoms. The first-order valence-corrected chi connectivity index (χ1v) is 12.9. The molecule has 0 aliphatic carbocycles. The van der Waals surface area contributed by atoms with Crippen molar-refractivity contribution in [1.29, 1.82) is 0 Å². The molecule has 37 heavy (non-hydrogen) atoms. The second-order valence-corrected chi connectivity index (χ2v) is 9.01. The molecule has 0 spiro atoms. The number of anilines is 3. The molecule has 2 aromatic rings. The van der Waals surface area contributed by atoms with Crippen LogP contribution in [-0.4, -0.2) is 68.0 Å². The van der Waals surface area contributed by atoms with Crippen molar-refractivity contribution in [3.05, 3.63) is 67.0 Å². The predicted octanol–water partition coefficient (Wildman–Crippen LogP) is 4.69. The molecule has 1 aromatic heterocycles. The van der Waals surface area contributed by atoms with Gasteiger partial charge in [0.15, 0.2) is 12.1 Å². The van der Waals surface area contributed by atoms with Crippen molar-refractivity contribution in [2.45, 2.75) is 38.3 Å². The van der Waals surface area contributed by atoms with E-state index in [0.29, 0.717) is 52.3 Å². The van der Waals surface area contributed by atoms with Gasteiger partial charge in [-0.05, 0) is 38.0 Å². The summed E-state index contributed by atoms with van der Waals surface area (Å²) in [5.74, 6) is 3.79. The molecule has 0 radical (unpaired) electrons. The number of para-hydroxylation sites is 1. The maximum Gasteiger partial charge on any atom is 0.186 e. The summed E-state index contributed by atoms with van der Waals surface area (Å²) >= 11 is 0. The third-order valence-electron chi connectivity index (χ3n) is 6.44. The van der Waals surface area contributed by atoms with Gasteiger partial charge in [0, 0.05) is 37.8 Å². The van der Waals surface area contributed by atoms with Gasteiger partial charge in [0.05, 0.1) is 25.6 Å². The summed E-state index contributed by atoms with van der Waals surface area (Å²) in [4.78, 5) is 13.6. The van der Waals surface area contributed by atoms with Crippen LogP contribution in [0.3, 0.4) is 0 Å². The molecule has 4 rings (SSSR count). The highest BCUT2D eigenvalue weighted by molar-refractivity contribution is 5.61. The van der Waals surface area contributed by atoms with E-state index in [4.69, 9.17) is 25.6 Å². The number of nitrogens with zero attached hydrogens (tertiary/aromatic N) is 4. The van der Waals surface area contributed by atoms with Crippen LogP contribution in [0.5, 0.6) is 0 Å². The lowest BCUT2D eigenvalue weighted by Crippen LogP contribution is -2.27. The predicted molar refractivity (Wildman–Crippen MR) is 144 cm³/mol. The van der Waals surface area contributed by atoms with Crippen LogP contribution in [0.15, 0.2) is 67.0 Å². The maximum absolute atomic E-state index is 15.0. The number of rotatable bonds is 12. The SMILES string of the molecule is C#C/C=C\C=C/CN(c1ccccc1)c1cncc(N2CCC(F)C(COCC3OC3OCC)CC2)n1. The average molecular weight is 507 g/mol. The molecular formula is C29H35FN4O3. The van der Waals surface area contributed by atoms with Crippen LogP contribution in [0, 0.1) is 18.3 Å². The number of terminal acetylenes is 1. The molecule has 3 heterocycles. The number of ether oxygens (including phenoxy) is 3. The molecule has 7 nitrogen and oxygen atoms in total. The monoisotopic (exact) mass is 506 g/mol. The van der Waals surface area contributed by atoms with Gasteiger partial charge < -0.3 is 24.0 Å². The van der Waals surface area contributed by atoms with E-state index in [1.165, 1.54) is 0 Å². The van der Waals surface area contributed by atoms with Gasteiger partial charge in [-0.2, -0.15) is 0 Å². The third-order valence-corrected chi connectivity index (χ3v) is 6.44. The third kappa shape index (κ3) is 7.86. The smallest absolute Gasteiger partial charge is 0.186 e. The normalized spacial score (nSPS) is 23.8. The number of epoxide rings is 1. The summed E-state index contributed by atoms with van der Waals surface area (Å²) in [7, 11) is 0. The lowest BCUT2D eigenvalue weighted by Gasteiger charge is -2.25. The fourth-order valence-corrected chi connectivity index (χ4v) is 4.36. The molecule has 196 valence electrons. The van der Waals surface area contributed by atoms with E-state index in [2.05, 4.69) is 20.7 Å². The molecular weight excluding hydrogens is 471 g/mol. The van der Waals surface area contributed by atoms with Gasteiger partial charge in [0.25, 0.3) is 0 Å². The quantitative estimate of drug-likeness (QED) is 0.235. The standard InChI is InChI=1S/C29H35FN4O3/c1-3-5-6-7-11-16-34(24-12-9-8-10-13-24)28-20-31-19-27(32-28)33-17-14-23(25(30)15-18-33)21-35-22-26-29(37-26)36-4-2/h1,5-13,19-20,23,25-26,29H,4,14-18,21-22H2,2H3/b6-5-,11-7-. The largest absolute Gasteiger partial charge is 0.378 e. The second-order valence-electron chi connectivity index (χ2n) is 9.01. The number of halogens is 1. The van der Waals surface area contributed by atoms with Crippen LogP contribution < -0.4 is 9.80 Å². The van der Waals surface area contributed by atoms with Gasteiger partial charge in [-0.1, -0.05) is 42.3 Å². The molecule has 2 fully saturated rings. The van der Waals surface area contributed by atoms with Crippen LogP contribution in [0.4, 0.5) is 21.7 Å². The number of hydrogen-bond donors (Lipinski definition) is 0. The van der Waals surface area contributed by atoms with E-state index in [9.17, 15) is 4.39 Å². The highest BCUT2D eigenvalue weighted by atomic mass is 19.1. The first-order chi connectivity index (χ1) is 18.2. The Morgan fingerprint density at radius 2 is 2.03 bits per heavy atom. The molecule has 0 saturated carbocycles. The zero-order chi connectivity index (χ0) is 25.9. The van der Waals surface area contributed by atoms with Crippen molar-refractivity contribution in [3.8, 4) is 12.3 Å². The fourth-order valence-electron chi connectivity index (χ4n) is 4.36. The Balaban J connectivity index is 1.39. The highest BCUT2D eigenvalue weighted by Gasteiger charge is 2.40. The van der Waals surface area contributed by atoms with Crippen molar-refractivity contribution < 1.29 is 18.6 Å². The van der Waals surface area contributed by atoms with Gasteiger partial charge in [-0.25, -0.2) is 9.37 Å². The van der Waals surface area contributed by atoms with Crippen molar-refractivity contribution in [2.75, 3.05) is 49.3 Å². The zero-order valence-corrected chi connectivity index (χ0v) is 21.3. The Labute approximate surface area is 218 Å². The second kappa shape index (κ2) is 13.9. The molecule has 1 aromatic carbocycles. The Morgan fingerprint density at radius 3 is 2.84 bits per heavy atom. The summed E-state index contributed by atoms with van der Waals surface area (Å²) in [5, 5.41) is 0. The highest BCUT2D eigenvalue weighted by Crippen LogP contribution is 2.28. The molecule has 0 amide bonds. The van der Waals surface area contributed by atoms with E-state index in [0.717, 1.165) is 17.3 Å². The van der Waals surface area contributed by atoms with Crippen LogP contribution >= 0.6 is 0 Å². The summed E-state index contributed by atoms with van der Waals surface area (Å²) in [6, 6.07) is 10.0. The van der Waals surface area contributed by atoms with Crippen molar-refractivity contribution >= 4 is 17.3 Å². The van der Waals surface area contributed by atoms with Crippen LogP contribution in [0.25, 0.3) is 0 Å². The molecule has 2 saturated heterocycles. The minimum Gasteiger partial charge on any atom is -0.378 e. The van der Waals surface area contributed by atoms with Gasteiger partial charge in [0.1, 0.15) is 18.1 Å². The average Bonchev–Trinajstić information content (AvgIpc) is 3.70. The van der Waals surface area contributed by atoms with Gasteiger partial charge in [-0.15, -0.1) is 6.42 Å². The maximum atomic E-state index is 15.0. The fraction of sp³-hybridized carbons (Fsp3) is 0.448. The Kier molecular flexibility index (Phi) is 10.1. The van der Waals surface area contributed by atoms with Crippen molar-refractivity contribution in [1.82, 2.24) is 9.97 Å². The molecule has 0 N–H and O–H groups in total. The summed E-state index contributed by atoms with van der Waals surface area (Å²) in [6.45, 7) is 5.22. The van der Waals surface area contributed by atoms with E-state index in [-0.39, 0.29) is 18.3 Å². The lowest BCUT2D eigenvalue weighted by atomic mass is 10.00. The Morgan fingerprint density at radius 1 is 1.19 bits per heavy atom. The summed E-state index contributed by atoms with van der Waals surface area (Å²) < 4.78 is 31.5. The van der Waals surface area contributed by atoms with E-state index in [1.807, 2.05) is 55.5 Å². The van der Waals surface area contributed by atoms with Crippen molar-refractivity contribution in [2.24, 2.45) is 5.92 Å². The van der Waals surface area contributed by atoms with Crippen LogP contribution in [0.1, 0.15) is 19.8 Å². The first-order valence-electron chi connectivity index (χ1n) is 12.9. The minimum atomic E-state index is -0.925. The Bertz CT molecular complexity index is 1070. The van der Waals surface area contributed by atoms with Gasteiger partial charge >= 0.3 is 0 Å². The summed E-state index contributed by atoms with van der Waals surface area (Å²) in [5.41, 5.74) is 1.00. The molecule has 2 aliphatic rings. The number of allylic oxidation sites excluding steroid dienone is 3.